The van der Waals surface area contributed by atoms with Crippen molar-refractivity contribution in [3.63, 3.8) is 0 Å². The van der Waals surface area contributed by atoms with Gasteiger partial charge in [0.2, 0.25) is 0 Å². The van der Waals surface area contributed by atoms with Crippen molar-refractivity contribution in [2.75, 3.05) is 0 Å². The van der Waals surface area contributed by atoms with Crippen LogP contribution in [0.5, 0.6) is 0 Å². The number of H-pyrrole nitrogens is 3. The van der Waals surface area contributed by atoms with Crippen LogP contribution in [0, 0.1) is 0 Å². The number of hydrogen-bond donors (Lipinski definition) is 3. The Morgan fingerprint density at radius 3 is 2.62 bits per heavy atom. The summed E-state index contributed by atoms with van der Waals surface area (Å²) in [5, 5.41) is 0.813. The van der Waals surface area contributed by atoms with Gasteiger partial charge in [-0.3, -0.25) is 9.78 Å². The minimum atomic E-state index is -0.502. The van der Waals surface area contributed by atoms with E-state index in [1.165, 1.54) is 0 Å². The molecule has 0 aliphatic heterocycles. The molecule has 0 aliphatic rings. The summed E-state index contributed by atoms with van der Waals surface area (Å²) in [4.78, 5) is 30.5. The first kappa shape index (κ1) is 9.41. The summed E-state index contributed by atoms with van der Waals surface area (Å²) in [6.07, 6.45) is 0. The highest BCUT2D eigenvalue weighted by Crippen LogP contribution is 2.23. The van der Waals surface area contributed by atoms with Crippen LogP contribution in [0.4, 0.5) is 0 Å². The van der Waals surface area contributed by atoms with Crippen LogP contribution in [0.3, 0.4) is 0 Å². The van der Waals surface area contributed by atoms with Crippen LogP contribution in [0.25, 0.3) is 21.9 Å². The minimum absolute atomic E-state index is 0.382. The van der Waals surface area contributed by atoms with Crippen LogP contribution in [-0.4, -0.2) is 15.0 Å². The predicted octanol–water partition coefficient (Wildman–Crippen LogP) is 1.46. The van der Waals surface area contributed by atoms with Crippen LogP contribution >= 0.6 is 15.9 Å². The SMILES string of the molecule is O=c1[nH]c(=O)c2[nH]c3ccc(Br)cc3c2[nH]1. The maximum Gasteiger partial charge on any atom is 0.326 e. The Balaban J connectivity index is 2.68. The van der Waals surface area contributed by atoms with Gasteiger partial charge in [-0.25, -0.2) is 4.79 Å². The van der Waals surface area contributed by atoms with Crippen molar-refractivity contribution in [3.05, 3.63) is 43.5 Å². The standard InChI is InChI=1S/C10H6BrN3O2/c11-4-1-2-6-5(3-4)7-8(12-6)9(15)14-10(16)13-7/h1-3,12H,(H2,13,14,15,16). The van der Waals surface area contributed by atoms with E-state index in [1.54, 1.807) is 0 Å². The van der Waals surface area contributed by atoms with Gasteiger partial charge in [0.25, 0.3) is 5.56 Å². The van der Waals surface area contributed by atoms with Gasteiger partial charge < -0.3 is 9.97 Å². The Morgan fingerprint density at radius 1 is 1.00 bits per heavy atom. The van der Waals surface area contributed by atoms with E-state index in [4.69, 9.17) is 0 Å². The molecule has 0 spiro atoms. The molecular weight excluding hydrogens is 274 g/mol. The fraction of sp³-hybridized carbons (Fsp3) is 0. The molecule has 80 valence electrons. The van der Waals surface area contributed by atoms with Crippen LogP contribution in [-0.2, 0) is 0 Å². The third-order valence-electron chi connectivity index (χ3n) is 2.45. The summed E-state index contributed by atoms with van der Waals surface area (Å²) in [5.41, 5.74) is 0.813. The number of benzene rings is 1. The van der Waals surface area contributed by atoms with Crippen LogP contribution in [0.1, 0.15) is 0 Å². The van der Waals surface area contributed by atoms with Gasteiger partial charge in [-0.2, -0.15) is 0 Å². The van der Waals surface area contributed by atoms with Crippen LogP contribution < -0.4 is 11.2 Å². The van der Waals surface area contributed by atoms with Crippen molar-refractivity contribution in [1.29, 1.82) is 0 Å². The Kier molecular flexibility index (Phi) is 1.81. The molecule has 0 aliphatic carbocycles. The number of nitrogens with one attached hydrogen (secondary N) is 3. The zero-order valence-electron chi connectivity index (χ0n) is 7.93. The summed E-state index contributed by atoms with van der Waals surface area (Å²) in [7, 11) is 0. The minimum Gasteiger partial charge on any atom is -0.349 e. The Labute approximate surface area is 96.6 Å². The molecule has 0 radical (unpaired) electrons. The van der Waals surface area contributed by atoms with Gasteiger partial charge in [-0.05, 0) is 18.2 Å². The molecule has 6 heteroatoms. The van der Waals surface area contributed by atoms with Gasteiger partial charge in [-0.1, -0.05) is 15.9 Å². The Bertz CT molecular complexity index is 812. The van der Waals surface area contributed by atoms with Crippen LogP contribution in [0.15, 0.2) is 32.3 Å². The largest absolute Gasteiger partial charge is 0.349 e. The van der Waals surface area contributed by atoms with Crippen molar-refractivity contribution >= 4 is 37.9 Å². The molecule has 0 fully saturated rings. The van der Waals surface area contributed by atoms with Crippen molar-refractivity contribution in [2.24, 2.45) is 0 Å². The lowest BCUT2D eigenvalue weighted by Gasteiger charge is -1.91. The first-order chi connectivity index (χ1) is 7.65. The topological polar surface area (TPSA) is 81.5 Å². The fourth-order valence-electron chi connectivity index (χ4n) is 1.77. The van der Waals surface area contributed by atoms with Crippen molar-refractivity contribution < 1.29 is 0 Å². The van der Waals surface area contributed by atoms with Gasteiger partial charge in [0.1, 0.15) is 5.52 Å². The molecule has 16 heavy (non-hydrogen) atoms. The highest BCUT2D eigenvalue weighted by Gasteiger charge is 2.08. The van der Waals surface area contributed by atoms with E-state index in [9.17, 15) is 9.59 Å². The first-order valence-corrected chi connectivity index (χ1v) is 5.38. The molecule has 2 aromatic heterocycles. The molecule has 3 aromatic rings. The lowest BCUT2D eigenvalue weighted by molar-refractivity contribution is 1.08. The summed E-state index contributed by atoms with van der Waals surface area (Å²) in [5.74, 6) is 0. The van der Waals surface area contributed by atoms with E-state index >= 15 is 0 Å². The maximum atomic E-state index is 11.5. The number of rotatable bonds is 0. The molecule has 2 heterocycles. The van der Waals surface area contributed by atoms with E-state index in [2.05, 4.69) is 30.9 Å². The highest BCUT2D eigenvalue weighted by atomic mass is 79.9. The highest BCUT2D eigenvalue weighted by molar-refractivity contribution is 9.10. The monoisotopic (exact) mass is 279 g/mol. The third-order valence-corrected chi connectivity index (χ3v) is 2.95. The van der Waals surface area contributed by atoms with E-state index in [1.807, 2.05) is 18.2 Å². The zero-order chi connectivity index (χ0) is 11.3. The number of halogens is 1. The van der Waals surface area contributed by atoms with E-state index in [0.29, 0.717) is 11.0 Å². The van der Waals surface area contributed by atoms with Gasteiger partial charge in [0, 0.05) is 15.4 Å². The fourth-order valence-corrected chi connectivity index (χ4v) is 2.14. The smallest absolute Gasteiger partial charge is 0.326 e. The van der Waals surface area contributed by atoms with Gasteiger partial charge in [0.15, 0.2) is 0 Å². The van der Waals surface area contributed by atoms with Crippen molar-refractivity contribution in [3.8, 4) is 0 Å². The number of fused-ring (bicyclic) bond motifs is 3. The average Bonchev–Trinajstić information content (AvgIpc) is 2.57. The molecule has 0 unspecified atom stereocenters. The number of aromatic amines is 3. The number of hydrogen-bond acceptors (Lipinski definition) is 2. The van der Waals surface area contributed by atoms with E-state index < -0.39 is 11.2 Å². The molecule has 3 N–H and O–H groups in total. The Hall–Kier alpha value is -1.82. The molecule has 0 atom stereocenters. The third kappa shape index (κ3) is 1.23. The van der Waals surface area contributed by atoms with Crippen molar-refractivity contribution in [1.82, 2.24) is 15.0 Å². The summed E-state index contributed by atoms with van der Waals surface area (Å²) < 4.78 is 0.891. The van der Waals surface area contributed by atoms with Gasteiger partial charge >= 0.3 is 5.69 Å². The quantitative estimate of drug-likeness (QED) is 0.582. The van der Waals surface area contributed by atoms with E-state index in [-0.39, 0.29) is 0 Å². The second-order valence-electron chi connectivity index (χ2n) is 3.47. The molecule has 5 nitrogen and oxygen atoms in total. The van der Waals surface area contributed by atoms with Crippen LogP contribution in [0.2, 0.25) is 0 Å². The Morgan fingerprint density at radius 2 is 1.81 bits per heavy atom. The zero-order valence-corrected chi connectivity index (χ0v) is 9.51. The first-order valence-electron chi connectivity index (χ1n) is 4.59. The molecule has 0 saturated carbocycles. The summed E-state index contributed by atoms with van der Waals surface area (Å²) in [6.45, 7) is 0. The average molecular weight is 280 g/mol. The van der Waals surface area contributed by atoms with Gasteiger partial charge in [-0.15, -0.1) is 0 Å². The molecule has 3 rings (SSSR count). The van der Waals surface area contributed by atoms with E-state index in [0.717, 1.165) is 15.4 Å². The molecule has 0 amide bonds. The van der Waals surface area contributed by atoms with Crippen molar-refractivity contribution in [2.45, 2.75) is 0 Å². The molecule has 1 aromatic carbocycles. The normalized spacial score (nSPS) is 11.3. The lowest BCUT2D eigenvalue weighted by atomic mass is 10.2. The predicted molar refractivity (Wildman–Crippen MR) is 64.7 cm³/mol. The molecular formula is C10H6BrN3O2. The lowest BCUT2D eigenvalue weighted by Crippen LogP contribution is -2.21. The summed E-state index contributed by atoms with van der Waals surface area (Å²) in [6, 6.07) is 5.56. The number of aromatic nitrogens is 3. The second-order valence-corrected chi connectivity index (χ2v) is 4.39. The molecule has 0 bridgehead atoms. The summed E-state index contributed by atoms with van der Waals surface area (Å²) >= 11 is 3.35. The maximum absolute atomic E-state index is 11.5. The molecule has 0 saturated heterocycles. The second kappa shape index (κ2) is 3.08. The van der Waals surface area contributed by atoms with Gasteiger partial charge in [0.05, 0.1) is 5.52 Å².